The molecule has 0 saturated heterocycles. The summed E-state index contributed by atoms with van der Waals surface area (Å²) in [5, 5.41) is 14.1. The number of rotatable bonds is 4. The van der Waals surface area contributed by atoms with Crippen LogP contribution in [0.15, 0.2) is 60.9 Å². The summed E-state index contributed by atoms with van der Waals surface area (Å²) in [6, 6.07) is 14.9. The lowest BCUT2D eigenvalue weighted by Gasteiger charge is -2.19. The van der Waals surface area contributed by atoms with Crippen molar-refractivity contribution in [1.82, 2.24) is 15.2 Å². The molecule has 2 aromatic heterocycles. The number of benzene rings is 2. The van der Waals surface area contributed by atoms with Crippen molar-refractivity contribution in [2.24, 2.45) is 0 Å². The molecule has 0 radical (unpaired) electrons. The van der Waals surface area contributed by atoms with E-state index in [1.54, 1.807) is 36.4 Å². The van der Waals surface area contributed by atoms with Crippen molar-refractivity contribution in [3.05, 3.63) is 72.1 Å². The fourth-order valence-electron chi connectivity index (χ4n) is 4.29. The first kappa shape index (κ1) is 20.7. The highest BCUT2D eigenvalue weighted by Gasteiger charge is 2.37. The molecule has 8 heteroatoms. The number of hydrogen-bond acceptors (Lipinski definition) is 5. The number of H-pyrrole nitrogens is 1. The molecule has 1 aliphatic rings. The summed E-state index contributed by atoms with van der Waals surface area (Å²) in [7, 11) is 0. The number of amides is 2. The molecule has 3 heterocycles. The second-order valence-electron chi connectivity index (χ2n) is 8.87. The fourth-order valence-corrected chi connectivity index (χ4v) is 4.29. The molecule has 0 saturated carbocycles. The Morgan fingerprint density at radius 1 is 1.09 bits per heavy atom. The van der Waals surface area contributed by atoms with E-state index >= 15 is 0 Å². The van der Waals surface area contributed by atoms with Crippen LogP contribution in [0.4, 0.5) is 22.9 Å². The standard InChI is InChI=1S/C25H24N6O2/c1-15(32)31-14-25(2,3)20-9-8-18(12-22(20)31)29-24(33)19-5-4-10-26-23(19)28-17-7-6-16-13-27-30-21(16)11-17/h4-13H,14H2,1-3H3,(H,26,28)(H,27,30)(H,29,33). The number of carbonyl (C=O) groups excluding carboxylic acids is 2. The van der Waals surface area contributed by atoms with Crippen LogP contribution >= 0.6 is 0 Å². The van der Waals surface area contributed by atoms with Gasteiger partial charge in [-0.15, -0.1) is 0 Å². The van der Waals surface area contributed by atoms with Crippen molar-refractivity contribution in [3.63, 3.8) is 0 Å². The molecular formula is C25H24N6O2. The lowest BCUT2D eigenvalue weighted by Crippen LogP contribution is -2.32. The number of pyridine rings is 1. The minimum atomic E-state index is -0.292. The van der Waals surface area contributed by atoms with Gasteiger partial charge >= 0.3 is 0 Å². The average Bonchev–Trinajstić information content (AvgIpc) is 3.35. The Morgan fingerprint density at radius 3 is 2.73 bits per heavy atom. The van der Waals surface area contributed by atoms with Gasteiger partial charge < -0.3 is 15.5 Å². The number of fused-ring (bicyclic) bond motifs is 2. The number of aromatic amines is 1. The molecule has 2 amide bonds. The SMILES string of the molecule is CC(=O)N1CC(C)(C)c2ccc(NC(=O)c3cccnc3Nc3ccc4cn[nH]c4c3)cc21. The van der Waals surface area contributed by atoms with Crippen molar-refractivity contribution in [2.75, 3.05) is 22.1 Å². The summed E-state index contributed by atoms with van der Waals surface area (Å²) >= 11 is 0. The Kier molecular flexibility index (Phi) is 4.85. The topological polar surface area (TPSA) is 103 Å². The summed E-state index contributed by atoms with van der Waals surface area (Å²) in [5.41, 5.74) is 4.49. The Morgan fingerprint density at radius 2 is 1.91 bits per heavy atom. The molecule has 5 rings (SSSR count). The van der Waals surface area contributed by atoms with Gasteiger partial charge in [0, 0.05) is 47.5 Å². The predicted octanol–water partition coefficient (Wildman–Crippen LogP) is 4.60. The van der Waals surface area contributed by atoms with Crippen molar-refractivity contribution < 1.29 is 9.59 Å². The maximum Gasteiger partial charge on any atom is 0.259 e. The third-order valence-corrected chi connectivity index (χ3v) is 5.97. The molecule has 3 N–H and O–H groups in total. The van der Waals surface area contributed by atoms with Crippen molar-refractivity contribution in [1.29, 1.82) is 0 Å². The van der Waals surface area contributed by atoms with Gasteiger partial charge in [-0.2, -0.15) is 5.10 Å². The first-order valence-electron chi connectivity index (χ1n) is 10.7. The van der Waals surface area contributed by atoms with Crippen molar-refractivity contribution >= 4 is 45.6 Å². The molecule has 166 valence electrons. The van der Waals surface area contributed by atoms with E-state index in [4.69, 9.17) is 0 Å². The zero-order valence-electron chi connectivity index (χ0n) is 18.6. The molecule has 0 unspecified atom stereocenters. The van der Waals surface area contributed by atoms with Gasteiger partial charge in [0.2, 0.25) is 5.91 Å². The Hall–Kier alpha value is -4.20. The molecule has 0 aliphatic carbocycles. The smallest absolute Gasteiger partial charge is 0.259 e. The van der Waals surface area contributed by atoms with Crippen LogP contribution in [-0.2, 0) is 10.2 Å². The van der Waals surface area contributed by atoms with Gasteiger partial charge in [0.1, 0.15) is 5.82 Å². The molecule has 0 spiro atoms. The monoisotopic (exact) mass is 440 g/mol. The minimum Gasteiger partial charge on any atom is -0.340 e. The highest BCUT2D eigenvalue weighted by atomic mass is 16.2. The van der Waals surface area contributed by atoms with E-state index < -0.39 is 0 Å². The van der Waals surface area contributed by atoms with Gasteiger partial charge in [0.25, 0.3) is 5.91 Å². The van der Waals surface area contributed by atoms with Gasteiger partial charge in [0.15, 0.2) is 0 Å². The molecule has 33 heavy (non-hydrogen) atoms. The minimum absolute atomic E-state index is 0.0155. The van der Waals surface area contributed by atoms with E-state index in [0.717, 1.165) is 27.8 Å². The van der Waals surface area contributed by atoms with E-state index in [1.165, 1.54) is 0 Å². The Labute approximate surface area is 191 Å². The van der Waals surface area contributed by atoms with Crippen LogP contribution in [0, 0.1) is 0 Å². The highest BCUT2D eigenvalue weighted by Crippen LogP contribution is 2.41. The van der Waals surface area contributed by atoms with Crippen LogP contribution in [0.2, 0.25) is 0 Å². The van der Waals surface area contributed by atoms with E-state index in [9.17, 15) is 9.59 Å². The second kappa shape index (κ2) is 7.74. The number of hydrogen-bond donors (Lipinski definition) is 3. The molecule has 2 aromatic carbocycles. The predicted molar refractivity (Wildman–Crippen MR) is 129 cm³/mol. The number of aromatic nitrogens is 3. The zero-order valence-corrected chi connectivity index (χ0v) is 18.6. The largest absolute Gasteiger partial charge is 0.340 e. The van der Waals surface area contributed by atoms with Crippen LogP contribution in [0.5, 0.6) is 0 Å². The average molecular weight is 441 g/mol. The Bertz CT molecular complexity index is 1390. The molecule has 1 aliphatic heterocycles. The molecular weight excluding hydrogens is 416 g/mol. The van der Waals surface area contributed by atoms with Crippen molar-refractivity contribution in [3.8, 4) is 0 Å². The first-order valence-corrected chi connectivity index (χ1v) is 10.7. The maximum absolute atomic E-state index is 13.2. The highest BCUT2D eigenvalue weighted by molar-refractivity contribution is 6.08. The summed E-state index contributed by atoms with van der Waals surface area (Å²) in [4.78, 5) is 31.4. The van der Waals surface area contributed by atoms with Crippen LogP contribution in [-0.4, -0.2) is 33.5 Å². The van der Waals surface area contributed by atoms with Crippen molar-refractivity contribution in [2.45, 2.75) is 26.2 Å². The van der Waals surface area contributed by atoms with Gasteiger partial charge in [0.05, 0.1) is 17.3 Å². The summed E-state index contributed by atoms with van der Waals surface area (Å²) < 4.78 is 0. The van der Waals surface area contributed by atoms with E-state index in [2.05, 4.69) is 39.7 Å². The fraction of sp³-hybridized carbons (Fsp3) is 0.200. The summed E-state index contributed by atoms with van der Waals surface area (Å²) in [5.74, 6) is 0.139. The molecule has 0 atom stereocenters. The van der Waals surface area contributed by atoms with Gasteiger partial charge in [-0.1, -0.05) is 19.9 Å². The van der Waals surface area contributed by atoms with Crippen LogP contribution in [0.3, 0.4) is 0 Å². The second-order valence-corrected chi connectivity index (χ2v) is 8.87. The lowest BCUT2D eigenvalue weighted by atomic mass is 9.87. The Balaban J connectivity index is 1.41. The van der Waals surface area contributed by atoms with E-state index in [0.29, 0.717) is 23.6 Å². The van der Waals surface area contributed by atoms with E-state index in [-0.39, 0.29) is 17.2 Å². The van der Waals surface area contributed by atoms with Gasteiger partial charge in [-0.25, -0.2) is 4.98 Å². The number of anilines is 4. The first-order chi connectivity index (χ1) is 15.8. The lowest BCUT2D eigenvalue weighted by molar-refractivity contribution is -0.116. The third-order valence-electron chi connectivity index (χ3n) is 5.97. The van der Waals surface area contributed by atoms with Crippen LogP contribution in [0.1, 0.15) is 36.7 Å². The normalized spacial score (nSPS) is 14.2. The molecule has 4 aromatic rings. The van der Waals surface area contributed by atoms with Gasteiger partial charge in [-0.05, 0) is 48.0 Å². The number of nitrogens with zero attached hydrogens (tertiary/aromatic N) is 3. The molecule has 0 bridgehead atoms. The molecule has 0 fully saturated rings. The molecule has 8 nitrogen and oxygen atoms in total. The quantitative estimate of drug-likeness (QED) is 0.430. The van der Waals surface area contributed by atoms with Crippen LogP contribution in [0.25, 0.3) is 10.9 Å². The number of nitrogens with one attached hydrogen (secondary N) is 3. The number of carbonyl (C=O) groups is 2. The third kappa shape index (κ3) is 3.80. The maximum atomic E-state index is 13.2. The van der Waals surface area contributed by atoms with Gasteiger partial charge in [-0.3, -0.25) is 14.7 Å². The zero-order chi connectivity index (χ0) is 23.2. The van der Waals surface area contributed by atoms with Crippen LogP contribution < -0.4 is 15.5 Å². The van der Waals surface area contributed by atoms with E-state index in [1.807, 2.05) is 36.4 Å². The summed E-state index contributed by atoms with van der Waals surface area (Å²) in [6.45, 7) is 6.40. The summed E-state index contributed by atoms with van der Waals surface area (Å²) in [6.07, 6.45) is 3.39.